The summed E-state index contributed by atoms with van der Waals surface area (Å²) in [6, 6.07) is 6.50. The van der Waals surface area contributed by atoms with Gasteiger partial charge in [0.2, 0.25) is 5.95 Å². The van der Waals surface area contributed by atoms with Crippen molar-refractivity contribution in [1.82, 2.24) is 24.5 Å². The molecule has 4 heterocycles. The van der Waals surface area contributed by atoms with Crippen LogP contribution >= 0.6 is 0 Å². The van der Waals surface area contributed by atoms with Crippen LogP contribution in [0.3, 0.4) is 0 Å². The summed E-state index contributed by atoms with van der Waals surface area (Å²) in [6.07, 6.45) is 9.98. The highest BCUT2D eigenvalue weighted by Gasteiger charge is 2.24. The Morgan fingerprint density at radius 3 is 2.43 bits per heavy atom. The van der Waals surface area contributed by atoms with Crippen molar-refractivity contribution in [1.29, 1.82) is 0 Å². The SMILES string of the molecule is Nc1nc(N2CCN(c3ccccn3)CC2)nc2c1ncn2C1CCCCC1. The largest absolute Gasteiger partial charge is 0.382 e. The first kappa shape index (κ1) is 17.2. The number of imidazole rings is 1. The molecule has 146 valence electrons. The van der Waals surface area contributed by atoms with Crippen LogP contribution in [0.2, 0.25) is 0 Å². The molecular weight excluding hydrogens is 352 g/mol. The summed E-state index contributed by atoms with van der Waals surface area (Å²) in [7, 11) is 0. The molecule has 1 saturated heterocycles. The van der Waals surface area contributed by atoms with Gasteiger partial charge in [-0.2, -0.15) is 9.97 Å². The topological polar surface area (TPSA) is 89.0 Å². The van der Waals surface area contributed by atoms with E-state index in [2.05, 4.69) is 35.4 Å². The number of piperazine rings is 1. The number of hydrogen-bond donors (Lipinski definition) is 1. The molecule has 0 aromatic carbocycles. The van der Waals surface area contributed by atoms with E-state index in [0.717, 1.165) is 43.2 Å². The fraction of sp³-hybridized carbons (Fsp3) is 0.500. The van der Waals surface area contributed by atoms with Gasteiger partial charge in [0.15, 0.2) is 11.5 Å². The summed E-state index contributed by atoms with van der Waals surface area (Å²) >= 11 is 0. The molecule has 0 unspecified atom stereocenters. The average molecular weight is 378 g/mol. The molecule has 0 bridgehead atoms. The Morgan fingerprint density at radius 1 is 0.893 bits per heavy atom. The summed E-state index contributed by atoms with van der Waals surface area (Å²) in [4.78, 5) is 22.9. The summed E-state index contributed by atoms with van der Waals surface area (Å²) in [5, 5.41) is 0. The molecule has 3 aromatic heterocycles. The lowest BCUT2D eigenvalue weighted by Gasteiger charge is -2.35. The van der Waals surface area contributed by atoms with E-state index >= 15 is 0 Å². The Kier molecular flexibility index (Phi) is 4.46. The van der Waals surface area contributed by atoms with Crippen molar-refractivity contribution in [2.24, 2.45) is 0 Å². The van der Waals surface area contributed by atoms with Crippen molar-refractivity contribution in [2.75, 3.05) is 41.7 Å². The first-order valence-corrected chi connectivity index (χ1v) is 10.2. The smallest absolute Gasteiger partial charge is 0.229 e. The number of hydrogen-bond acceptors (Lipinski definition) is 7. The molecule has 1 aliphatic heterocycles. The molecule has 0 amide bonds. The predicted molar refractivity (Wildman–Crippen MR) is 111 cm³/mol. The molecule has 28 heavy (non-hydrogen) atoms. The zero-order valence-corrected chi connectivity index (χ0v) is 16.0. The second kappa shape index (κ2) is 7.26. The van der Waals surface area contributed by atoms with Gasteiger partial charge in [-0.15, -0.1) is 0 Å². The zero-order valence-electron chi connectivity index (χ0n) is 16.0. The summed E-state index contributed by atoms with van der Waals surface area (Å²) in [5.41, 5.74) is 7.85. The van der Waals surface area contributed by atoms with Crippen LogP contribution in [-0.2, 0) is 0 Å². The van der Waals surface area contributed by atoms with Crippen molar-refractivity contribution >= 4 is 28.7 Å². The minimum absolute atomic E-state index is 0.474. The number of fused-ring (bicyclic) bond motifs is 1. The van der Waals surface area contributed by atoms with Crippen molar-refractivity contribution < 1.29 is 0 Å². The molecule has 0 radical (unpaired) electrons. The molecule has 3 aromatic rings. The molecule has 2 aliphatic rings. The van der Waals surface area contributed by atoms with Crippen LogP contribution < -0.4 is 15.5 Å². The van der Waals surface area contributed by atoms with Crippen LogP contribution in [0.1, 0.15) is 38.1 Å². The summed E-state index contributed by atoms with van der Waals surface area (Å²) in [5.74, 6) is 2.21. The Bertz CT molecular complexity index is 939. The van der Waals surface area contributed by atoms with Gasteiger partial charge in [0.1, 0.15) is 11.3 Å². The molecule has 8 heteroatoms. The van der Waals surface area contributed by atoms with E-state index < -0.39 is 0 Å². The van der Waals surface area contributed by atoms with Crippen LogP contribution in [0.4, 0.5) is 17.6 Å². The number of rotatable bonds is 3. The monoisotopic (exact) mass is 378 g/mol. The van der Waals surface area contributed by atoms with Gasteiger partial charge in [-0.05, 0) is 25.0 Å². The highest BCUT2D eigenvalue weighted by molar-refractivity contribution is 5.83. The van der Waals surface area contributed by atoms with Crippen LogP contribution in [0.5, 0.6) is 0 Å². The number of nitrogens with two attached hydrogens (primary N) is 1. The van der Waals surface area contributed by atoms with E-state index in [9.17, 15) is 0 Å². The van der Waals surface area contributed by atoms with Crippen molar-refractivity contribution in [3.05, 3.63) is 30.7 Å². The second-order valence-electron chi connectivity index (χ2n) is 7.69. The average Bonchev–Trinajstić information content (AvgIpc) is 3.20. The minimum atomic E-state index is 0.474. The molecular formula is C20H26N8. The van der Waals surface area contributed by atoms with Gasteiger partial charge in [-0.1, -0.05) is 25.3 Å². The van der Waals surface area contributed by atoms with Crippen LogP contribution in [-0.4, -0.2) is 50.7 Å². The van der Waals surface area contributed by atoms with Gasteiger partial charge in [0, 0.05) is 38.4 Å². The van der Waals surface area contributed by atoms with Crippen molar-refractivity contribution in [3.8, 4) is 0 Å². The van der Waals surface area contributed by atoms with Crippen molar-refractivity contribution in [2.45, 2.75) is 38.1 Å². The molecule has 0 atom stereocenters. The third kappa shape index (κ3) is 3.12. The Hall–Kier alpha value is -2.90. The standard InChI is InChI=1S/C20H26N8/c21-18-17-19(28(14-23-17)15-6-2-1-3-7-15)25-20(24-18)27-12-10-26(11-13-27)16-8-4-5-9-22-16/h4-5,8-9,14-15H,1-3,6-7,10-13H2,(H2,21,24,25). The summed E-state index contributed by atoms with van der Waals surface area (Å²) in [6.45, 7) is 3.47. The van der Waals surface area contributed by atoms with Gasteiger partial charge >= 0.3 is 0 Å². The number of pyridine rings is 1. The van der Waals surface area contributed by atoms with E-state index in [4.69, 9.17) is 10.7 Å². The first-order valence-electron chi connectivity index (χ1n) is 10.2. The summed E-state index contributed by atoms with van der Waals surface area (Å²) < 4.78 is 2.22. The highest BCUT2D eigenvalue weighted by Crippen LogP contribution is 2.31. The van der Waals surface area contributed by atoms with Crippen molar-refractivity contribution in [3.63, 3.8) is 0 Å². The van der Waals surface area contributed by atoms with E-state index in [1.54, 1.807) is 0 Å². The maximum absolute atomic E-state index is 6.25. The fourth-order valence-electron chi connectivity index (χ4n) is 4.37. The lowest BCUT2D eigenvalue weighted by Crippen LogP contribution is -2.47. The Morgan fingerprint density at radius 2 is 1.68 bits per heavy atom. The molecule has 1 aliphatic carbocycles. The van der Waals surface area contributed by atoms with Gasteiger partial charge in [0.05, 0.1) is 6.33 Å². The third-order valence-corrected chi connectivity index (χ3v) is 5.94. The van der Waals surface area contributed by atoms with Gasteiger partial charge in [0.25, 0.3) is 0 Å². The molecule has 5 rings (SSSR count). The van der Waals surface area contributed by atoms with Crippen LogP contribution in [0, 0.1) is 0 Å². The second-order valence-corrected chi connectivity index (χ2v) is 7.69. The lowest BCUT2D eigenvalue weighted by molar-refractivity contribution is 0.358. The maximum atomic E-state index is 6.25. The normalized spacial score (nSPS) is 18.7. The van der Waals surface area contributed by atoms with Crippen LogP contribution in [0.25, 0.3) is 11.2 Å². The number of nitrogens with zero attached hydrogens (tertiary/aromatic N) is 7. The predicted octanol–water partition coefficient (Wildman–Crippen LogP) is 2.64. The zero-order chi connectivity index (χ0) is 18.9. The third-order valence-electron chi connectivity index (χ3n) is 5.94. The quantitative estimate of drug-likeness (QED) is 0.749. The molecule has 0 spiro atoms. The fourth-order valence-corrected chi connectivity index (χ4v) is 4.37. The van der Waals surface area contributed by atoms with Gasteiger partial charge in [-0.25, -0.2) is 9.97 Å². The lowest BCUT2D eigenvalue weighted by atomic mass is 9.95. The van der Waals surface area contributed by atoms with E-state index in [1.807, 2.05) is 24.7 Å². The number of aromatic nitrogens is 5. The van der Waals surface area contributed by atoms with E-state index in [1.165, 1.54) is 32.1 Å². The first-order chi connectivity index (χ1) is 13.8. The Balaban J connectivity index is 1.39. The number of nitrogen functional groups attached to an aromatic ring is 1. The van der Waals surface area contributed by atoms with Gasteiger partial charge < -0.3 is 20.1 Å². The highest BCUT2D eigenvalue weighted by atomic mass is 15.3. The molecule has 2 fully saturated rings. The minimum Gasteiger partial charge on any atom is -0.382 e. The molecule has 2 N–H and O–H groups in total. The number of anilines is 3. The Labute approximate surface area is 164 Å². The van der Waals surface area contributed by atoms with Crippen LogP contribution in [0.15, 0.2) is 30.7 Å². The van der Waals surface area contributed by atoms with E-state index in [0.29, 0.717) is 17.8 Å². The van der Waals surface area contributed by atoms with E-state index in [-0.39, 0.29) is 0 Å². The maximum Gasteiger partial charge on any atom is 0.229 e. The molecule has 8 nitrogen and oxygen atoms in total. The molecule has 1 saturated carbocycles. The van der Waals surface area contributed by atoms with Gasteiger partial charge in [-0.3, -0.25) is 0 Å².